The third-order valence-electron chi connectivity index (χ3n) is 3.86. The summed E-state index contributed by atoms with van der Waals surface area (Å²) in [5.41, 5.74) is 3.67. The summed E-state index contributed by atoms with van der Waals surface area (Å²) in [5, 5.41) is 9.05. The molecule has 0 bridgehead atoms. The van der Waals surface area contributed by atoms with Crippen molar-refractivity contribution in [1.29, 1.82) is 0 Å². The van der Waals surface area contributed by atoms with E-state index in [2.05, 4.69) is 5.48 Å². The minimum absolute atomic E-state index is 0.108. The molecule has 0 heterocycles. The van der Waals surface area contributed by atoms with E-state index in [1.165, 1.54) is 12.8 Å². The second kappa shape index (κ2) is 4.33. The number of rotatable bonds is 6. The van der Waals surface area contributed by atoms with Crippen LogP contribution < -0.4 is 5.48 Å². The Balaban J connectivity index is 1.79. The second-order valence-electron chi connectivity index (χ2n) is 5.87. The van der Waals surface area contributed by atoms with Crippen molar-refractivity contribution in [3.05, 3.63) is 11.8 Å². The minimum atomic E-state index is -0.706. The summed E-state index contributed by atoms with van der Waals surface area (Å²) in [4.78, 5) is 16.3. The van der Waals surface area contributed by atoms with E-state index in [1.807, 2.05) is 26.8 Å². The third kappa shape index (κ3) is 2.80. The van der Waals surface area contributed by atoms with E-state index in [4.69, 9.17) is 9.94 Å². The van der Waals surface area contributed by atoms with Crippen molar-refractivity contribution in [2.75, 3.05) is 6.61 Å². The zero-order chi connectivity index (χ0) is 12.6. The van der Waals surface area contributed by atoms with E-state index in [0.29, 0.717) is 0 Å². The number of nitrogens with one attached hydrogen (secondary N) is 1. The van der Waals surface area contributed by atoms with Crippen molar-refractivity contribution in [1.82, 2.24) is 5.48 Å². The van der Waals surface area contributed by atoms with Crippen molar-refractivity contribution in [2.45, 2.75) is 33.6 Å². The maximum absolute atomic E-state index is 11.0. The summed E-state index contributed by atoms with van der Waals surface area (Å²) in [6.45, 7) is 6.65. The SMILES string of the molecule is CC(=CC1C(C(=O)O)C1(C)C)NOCC1CC1. The summed E-state index contributed by atoms with van der Waals surface area (Å²) < 4.78 is 0. The summed E-state index contributed by atoms with van der Waals surface area (Å²) in [6, 6.07) is 0. The predicted octanol–water partition coefficient (Wildman–Crippen LogP) is 2.18. The number of carboxylic acids is 1. The Morgan fingerprint density at radius 2 is 2.18 bits per heavy atom. The maximum atomic E-state index is 11.0. The number of hydroxylamine groups is 1. The molecule has 17 heavy (non-hydrogen) atoms. The zero-order valence-corrected chi connectivity index (χ0v) is 10.7. The van der Waals surface area contributed by atoms with Gasteiger partial charge in [-0.25, -0.2) is 0 Å². The van der Waals surface area contributed by atoms with Crippen LogP contribution in [0.1, 0.15) is 33.6 Å². The molecule has 2 aliphatic rings. The molecular weight excluding hydrogens is 218 g/mol. The van der Waals surface area contributed by atoms with Crippen molar-refractivity contribution in [2.24, 2.45) is 23.2 Å². The molecule has 0 aromatic rings. The topological polar surface area (TPSA) is 58.6 Å². The smallest absolute Gasteiger partial charge is 0.307 e. The molecule has 0 aliphatic heterocycles. The summed E-state index contributed by atoms with van der Waals surface area (Å²) in [5.74, 6) is -0.137. The zero-order valence-electron chi connectivity index (χ0n) is 10.7. The first-order valence-electron chi connectivity index (χ1n) is 6.22. The lowest BCUT2D eigenvalue weighted by Crippen LogP contribution is -2.14. The number of carbonyl (C=O) groups is 1. The molecule has 2 aliphatic carbocycles. The monoisotopic (exact) mass is 239 g/mol. The lowest BCUT2D eigenvalue weighted by molar-refractivity contribution is -0.139. The van der Waals surface area contributed by atoms with Gasteiger partial charge in [-0.3, -0.25) is 15.1 Å². The lowest BCUT2D eigenvalue weighted by atomic mass is 10.1. The molecule has 4 nitrogen and oxygen atoms in total. The number of hydrogen-bond donors (Lipinski definition) is 2. The van der Waals surface area contributed by atoms with Gasteiger partial charge in [0.25, 0.3) is 0 Å². The molecule has 0 saturated heterocycles. The van der Waals surface area contributed by atoms with E-state index < -0.39 is 5.97 Å². The summed E-state index contributed by atoms with van der Waals surface area (Å²) >= 11 is 0. The Hall–Kier alpha value is -1.03. The first kappa shape index (κ1) is 12.4. The molecular formula is C13H21NO3. The van der Waals surface area contributed by atoms with Gasteiger partial charge < -0.3 is 5.11 Å². The fraction of sp³-hybridized carbons (Fsp3) is 0.769. The highest BCUT2D eigenvalue weighted by atomic mass is 16.6. The van der Waals surface area contributed by atoms with Crippen molar-refractivity contribution in [3.63, 3.8) is 0 Å². The molecule has 0 spiro atoms. The molecule has 2 fully saturated rings. The Labute approximate surface area is 102 Å². The number of carboxylic acid groups (broad SMARTS) is 1. The van der Waals surface area contributed by atoms with Crippen LogP contribution in [0.5, 0.6) is 0 Å². The van der Waals surface area contributed by atoms with Crippen LogP contribution in [0.3, 0.4) is 0 Å². The Morgan fingerprint density at radius 3 is 2.65 bits per heavy atom. The number of aliphatic carboxylic acids is 1. The molecule has 2 N–H and O–H groups in total. The van der Waals surface area contributed by atoms with Gasteiger partial charge in [-0.2, -0.15) is 0 Å². The first-order valence-corrected chi connectivity index (χ1v) is 6.22. The second-order valence-corrected chi connectivity index (χ2v) is 5.87. The van der Waals surface area contributed by atoms with Crippen LogP contribution in [0, 0.1) is 23.2 Å². The van der Waals surface area contributed by atoms with Crippen LogP contribution in [-0.2, 0) is 9.63 Å². The standard InChI is InChI=1S/C13H21NO3/c1-8(14-17-7-9-4-5-9)6-10-11(12(15)16)13(10,2)3/h6,9-11,14H,4-5,7H2,1-3H3,(H,15,16). The van der Waals surface area contributed by atoms with Crippen LogP contribution >= 0.6 is 0 Å². The average Bonchev–Trinajstić information content (AvgIpc) is 3.06. The molecule has 0 radical (unpaired) electrons. The lowest BCUT2D eigenvalue weighted by Gasteiger charge is -2.06. The Morgan fingerprint density at radius 1 is 1.53 bits per heavy atom. The molecule has 0 aromatic carbocycles. The van der Waals surface area contributed by atoms with E-state index in [9.17, 15) is 4.79 Å². The van der Waals surface area contributed by atoms with E-state index >= 15 is 0 Å². The van der Waals surface area contributed by atoms with Crippen molar-refractivity contribution >= 4 is 5.97 Å². The van der Waals surface area contributed by atoms with Crippen molar-refractivity contribution < 1.29 is 14.7 Å². The van der Waals surface area contributed by atoms with Gasteiger partial charge in [0, 0.05) is 5.70 Å². The van der Waals surface area contributed by atoms with Crippen LogP contribution in [0.15, 0.2) is 11.8 Å². The fourth-order valence-corrected chi connectivity index (χ4v) is 2.32. The van der Waals surface area contributed by atoms with Crippen LogP contribution in [-0.4, -0.2) is 17.7 Å². The van der Waals surface area contributed by atoms with Crippen molar-refractivity contribution in [3.8, 4) is 0 Å². The van der Waals surface area contributed by atoms with Crippen LogP contribution in [0.2, 0.25) is 0 Å². The molecule has 2 unspecified atom stereocenters. The van der Waals surface area contributed by atoms with Gasteiger partial charge in [0.05, 0.1) is 12.5 Å². The average molecular weight is 239 g/mol. The largest absolute Gasteiger partial charge is 0.481 e. The van der Waals surface area contributed by atoms with Gasteiger partial charge in [-0.15, -0.1) is 0 Å². The molecule has 2 rings (SSSR count). The first-order chi connectivity index (χ1) is 7.93. The number of hydrogen-bond acceptors (Lipinski definition) is 3. The molecule has 4 heteroatoms. The predicted molar refractivity (Wildman–Crippen MR) is 64.0 cm³/mol. The molecule has 0 amide bonds. The van der Waals surface area contributed by atoms with E-state index in [0.717, 1.165) is 18.2 Å². The molecule has 96 valence electrons. The number of allylic oxidation sites excluding steroid dienone is 2. The van der Waals surface area contributed by atoms with Gasteiger partial charge in [-0.05, 0) is 37.0 Å². The highest BCUT2D eigenvalue weighted by Crippen LogP contribution is 2.59. The molecule has 2 saturated carbocycles. The summed E-state index contributed by atoms with van der Waals surface area (Å²) in [7, 11) is 0. The van der Waals surface area contributed by atoms with E-state index in [1.54, 1.807) is 0 Å². The van der Waals surface area contributed by atoms with Gasteiger partial charge in [0.15, 0.2) is 0 Å². The molecule has 0 aromatic heterocycles. The third-order valence-corrected chi connectivity index (χ3v) is 3.86. The van der Waals surface area contributed by atoms with Gasteiger partial charge in [-0.1, -0.05) is 19.9 Å². The molecule has 2 atom stereocenters. The minimum Gasteiger partial charge on any atom is -0.481 e. The van der Waals surface area contributed by atoms with Crippen LogP contribution in [0.4, 0.5) is 0 Å². The maximum Gasteiger partial charge on any atom is 0.307 e. The Bertz CT molecular complexity index is 345. The van der Waals surface area contributed by atoms with E-state index in [-0.39, 0.29) is 17.3 Å². The van der Waals surface area contributed by atoms with Crippen LogP contribution in [0.25, 0.3) is 0 Å². The fourth-order valence-electron chi connectivity index (χ4n) is 2.32. The summed E-state index contributed by atoms with van der Waals surface area (Å²) in [6.07, 6.45) is 4.51. The normalized spacial score (nSPS) is 31.1. The quantitative estimate of drug-likeness (QED) is 0.697. The highest BCUT2D eigenvalue weighted by molar-refractivity contribution is 5.76. The van der Waals surface area contributed by atoms with Gasteiger partial charge in [0.1, 0.15) is 0 Å². The highest BCUT2D eigenvalue weighted by Gasteiger charge is 2.60. The van der Waals surface area contributed by atoms with Gasteiger partial charge in [0.2, 0.25) is 0 Å². The van der Waals surface area contributed by atoms with Gasteiger partial charge >= 0.3 is 5.97 Å². The Kier molecular flexibility index (Phi) is 3.17.